The third-order valence-corrected chi connectivity index (χ3v) is 3.13. The SMILES string of the molecule is CSN=C1C=C2CCCC2=CC1C. The summed E-state index contributed by atoms with van der Waals surface area (Å²) in [6.45, 7) is 2.23. The van der Waals surface area contributed by atoms with Crippen molar-refractivity contribution in [2.75, 3.05) is 6.26 Å². The Labute approximate surface area is 84.2 Å². The van der Waals surface area contributed by atoms with Crippen molar-refractivity contribution >= 4 is 17.7 Å². The highest BCUT2D eigenvalue weighted by molar-refractivity contribution is 7.97. The lowest BCUT2D eigenvalue weighted by molar-refractivity contribution is 0.926. The lowest BCUT2D eigenvalue weighted by Gasteiger charge is -2.15. The quantitative estimate of drug-likeness (QED) is 0.581. The second-order valence-electron chi connectivity index (χ2n) is 3.70. The second-order valence-corrected chi connectivity index (χ2v) is 4.25. The normalized spacial score (nSPS) is 30.0. The molecule has 1 atom stereocenters. The number of fused-ring (bicyclic) bond motifs is 1. The van der Waals surface area contributed by atoms with Gasteiger partial charge in [0.1, 0.15) is 0 Å². The molecule has 0 saturated heterocycles. The van der Waals surface area contributed by atoms with Crippen LogP contribution in [0, 0.1) is 5.92 Å². The molecule has 70 valence electrons. The van der Waals surface area contributed by atoms with Crippen molar-refractivity contribution < 1.29 is 0 Å². The molecule has 1 fully saturated rings. The van der Waals surface area contributed by atoms with E-state index in [2.05, 4.69) is 23.5 Å². The summed E-state index contributed by atoms with van der Waals surface area (Å²) < 4.78 is 4.44. The Bertz CT molecular complexity index is 299. The zero-order valence-corrected chi connectivity index (χ0v) is 9.03. The highest BCUT2D eigenvalue weighted by Crippen LogP contribution is 2.35. The van der Waals surface area contributed by atoms with Gasteiger partial charge in [-0.15, -0.1) is 0 Å². The van der Waals surface area contributed by atoms with Crippen LogP contribution >= 0.6 is 11.9 Å². The first-order chi connectivity index (χ1) is 6.31. The Balaban J connectivity index is 2.29. The van der Waals surface area contributed by atoms with Gasteiger partial charge < -0.3 is 0 Å². The van der Waals surface area contributed by atoms with E-state index in [0.29, 0.717) is 5.92 Å². The summed E-state index contributed by atoms with van der Waals surface area (Å²) in [7, 11) is 0. The fourth-order valence-corrected chi connectivity index (χ4v) is 2.49. The van der Waals surface area contributed by atoms with E-state index in [1.54, 1.807) is 17.5 Å². The lowest BCUT2D eigenvalue weighted by atomic mass is 9.92. The van der Waals surface area contributed by atoms with E-state index in [0.717, 1.165) is 0 Å². The molecule has 2 aliphatic carbocycles. The maximum absolute atomic E-state index is 4.44. The van der Waals surface area contributed by atoms with E-state index in [1.807, 2.05) is 6.26 Å². The van der Waals surface area contributed by atoms with Crippen LogP contribution in [-0.4, -0.2) is 12.0 Å². The molecule has 0 aromatic carbocycles. The molecule has 1 nitrogen and oxygen atoms in total. The topological polar surface area (TPSA) is 12.4 Å². The van der Waals surface area contributed by atoms with Gasteiger partial charge in [-0.05, 0) is 48.4 Å². The van der Waals surface area contributed by atoms with Crippen LogP contribution in [0.4, 0.5) is 0 Å². The van der Waals surface area contributed by atoms with Crippen molar-refractivity contribution in [1.82, 2.24) is 0 Å². The minimum Gasteiger partial charge on any atom is -0.221 e. The molecule has 0 N–H and O–H groups in total. The van der Waals surface area contributed by atoms with Crippen LogP contribution in [0.25, 0.3) is 0 Å². The highest BCUT2D eigenvalue weighted by atomic mass is 32.2. The van der Waals surface area contributed by atoms with Crippen molar-refractivity contribution in [2.45, 2.75) is 26.2 Å². The molecule has 0 amide bonds. The van der Waals surface area contributed by atoms with Crippen LogP contribution in [0.2, 0.25) is 0 Å². The Morgan fingerprint density at radius 1 is 1.38 bits per heavy atom. The number of nitrogens with zero attached hydrogens (tertiary/aromatic N) is 1. The molecular weight excluding hydrogens is 178 g/mol. The summed E-state index contributed by atoms with van der Waals surface area (Å²) in [5.74, 6) is 0.518. The number of rotatable bonds is 1. The second kappa shape index (κ2) is 3.70. The highest BCUT2D eigenvalue weighted by Gasteiger charge is 2.21. The van der Waals surface area contributed by atoms with Crippen molar-refractivity contribution in [2.24, 2.45) is 10.3 Å². The lowest BCUT2D eigenvalue weighted by Crippen LogP contribution is -2.10. The maximum atomic E-state index is 4.44. The van der Waals surface area contributed by atoms with Crippen LogP contribution in [0.15, 0.2) is 27.7 Å². The van der Waals surface area contributed by atoms with E-state index in [1.165, 1.54) is 30.5 Å². The molecule has 2 aliphatic rings. The molecule has 0 radical (unpaired) electrons. The predicted octanol–water partition coefficient (Wildman–Crippen LogP) is 3.39. The van der Waals surface area contributed by atoms with Crippen molar-refractivity contribution in [1.29, 1.82) is 0 Å². The van der Waals surface area contributed by atoms with Crippen LogP contribution in [0.1, 0.15) is 26.2 Å². The minimum atomic E-state index is 0.518. The van der Waals surface area contributed by atoms with Crippen LogP contribution in [-0.2, 0) is 0 Å². The number of allylic oxidation sites excluding steroid dienone is 4. The van der Waals surface area contributed by atoms with Gasteiger partial charge in [0.15, 0.2) is 0 Å². The van der Waals surface area contributed by atoms with Gasteiger partial charge in [-0.25, -0.2) is 4.40 Å². The van der Waals surface area contributed by atoms with Gasteiger partial charge in [-0.2, -0.15) is 0 Å². The summed E-state index contributed by atoms with van der Waals surface area (Å²) in [5, 5.41) is 0. The molecular formula is C11H15NS. The monoisotopic (exact) mass is 193 g/mol. The minimum absolute atomic E-state index is 0.518. The molecule has 2 heteroatoms. The number of hydrogen-bond donors (Lipinski definition) is 0. The van der Waals surface area contributed by atoms with Crippen molar-refractivity contribution in [3.8, 4) is 0 Å². The molecule has 0 heterocycles. The van der Waals surface area contributed by atoms with Crippen molar-refractivity contribution in [3.63, 3.8) is 0 Å². The molecule has 2 rings (SSSR count). The molecule has 0 aromatic heterocycles. The first kappa shape index (κ1) is 9.07. The molecule has 1 unspecified atom stereocenters. The fourth-order valence-electron chi connectivity index (χ4n) is 2.06. The standard InChI is InChI=1S/C11H15NS/c1-8-6-9-4-3-5-10(9)7-11(8)12-13-2/h6-8H,3-5H2,1-2H3. The zero-order valence-electron chi connectivity index (χ0n) is 8.21. The summed E-state index contributed by atoms with van der Waals surface area (Å²) in [6, 6.07) is 0. The van der Waals surface area contributed by atoms with Crippen molar-refractivity contribution in [3.05, 3.63) is 23.3 Å². The fraction of sp³-hybridized carbons (Fsp3) is 0.545. The first-order valence-electron chi connectivity index (χ1n) is 4.84. The molecule has 0 aliphatic heterocycles. The van der Waals surface area contributed by atoms with Crippen LogP contribution < -0.4 is 0 Å². The molecule has 1 saturated carbocycles. The predicted molar refractivity (Wildman–Crippen MR) is 60.1 cm³/mol. The summed E-state index contributed by atoms with van der Waals surface area (Å²) in [5.41, 5.74) is 4.35. The van der Waals surface area contributed by atoms with Crippen LogP contribution in [0.5, 0.6) is 0 Å². The summed E-state index contributed by atoms with van der Waals surface area (Å²) >= 11 is 1.56. The van der Waals surface area contributed by atoms with Gasteiger partial charge >= 0.3 is 0 Å². The smallest absolute Gasteiger partial charge is 0.0555 e. The first-order valence-corrected chi connectivity index (χ1v) is 6.02. The van der Waals surface area contributed by atoms with E-state index in [-0.39, 0.29) is 0 Å². The van der Waals surface area contributed by atoms with Gasteiger partial charge in [0.25, 0.3) is 0 Å². The third-order valence-electron chi connectivity index (χ3n) is 2.74. The number of hydrogen-bond acceptors (Lipinski definition) is 2. The average Bonchev–Trinajstić information content (AvgIpc) is 2.52. The Morgan fingerprint density at radius 3 is 2.92 bits per heavy atom. The molecule has 0 spiro atoms. The van der Waals surface area contributed by atoms with Gasteiger partial charge in [0.2, 0.25) is 0 Å². The van der Waals surface area contributed by atoms with Gasteiger partial charge in [-0.1, -0.05) is 13.0 Å². The largest absolute Gasteiger partial charge is 0.221 e. The molecule has 0 aromatic rings. The Morgan fingerprint density at radius 2 is 2.15 bits per heavy atom. The maximum Gasteiger partial charge on any atom is 0.0555 e. The van der Waals surface area contributed by atoms with Gasteiger partial charge in [0, 0.05) is 12.2 Å². The van der Waals surface area contributed by atoms with Gasteiger partial charge in [0.05, 0.1) is 5.71 Å². The molecule has 0 bridgehead atoms. The van der Waals surface area contributed by atoms with E-state index >= 15 is 0 Å². The van der Waals surface area contributed by atoms with Gasteiger partial charge in [-0.3, -0.25) is 0 Å². The summed E-state index contributed by atoms with van der Waals surface area (Å²) in [6.07, 6.45) is 10.6. The molecule has 13 heavy (non-hydrogen) atoms. The Kier molecular flexibility index (Phi) is 2.58. The zero-order chi connectivity index (χ0) is 9.26. The Hall–Kier alpha value is -0.500. The summed E-state index contributed by atoms with van der Waals surface area (Å²) in [4.78, 5) is 0. The van der Waals surface area contributed by atoms with E-state index in [9.17, 15) is 0 Å². The average molecular weight is 193 g/mol. The van der Waals surface area contributed by atoms with E-state index in [4.69, 9.17) is 0 Å². The third kappa shape index (κ3) is 1.73. The van der Waals surface area contributed by atoms with Crippen LogP contribution in [0.3, 0.4) is 0 Å². The van der Waals surface area contributed by atoms with E-state index < -0.39 is 0 Å².